The number of benzene rings is 3. The number of rotatable bonds is 6. The Morgan fingerprint density at radius 1 is 1.00 bits per heavy atom. The van der Waals surface area contributed by atoms with Crippen molar-refractivity contribution in [3.05, 3.63) is 113 Å². The van der Waals surface area contributed by atoms with Gasteiger partial charge in [0.05, 0.1) is 5.60 Å². The number of amides is 1. The van der Waals surface area contributed by atoms with Crippen molar-refractivity contribution in [2.45, 2.75) is 38.2 Å². The topological polar surface area (TPSA) is 40.5 Å². The Balaban J connectivity index is 1.47. The second kappa shape index (κ2) is 10.1. The molecule has 3 aromatic rings. The van der Waals surface area contributed by atoms with Gasteiger partial charge in [-0.25, -0.2) is 4.39 Å². The minimum atomic E-state index is -0.889. The highest BCUT2D eigenvalue weighted by atomic mass is 19.1. The summed E-state index contributed by atoms with van der Waals surface area (Å²) in [6.07, 6.45) is 4.03. The van der Waals surface area contributed by atoms with E-state index in [2.05, 4.69) is 0 Å². The van der Waals surface area contributed by atoms with Crippen molar-refractivity contribution in [2.75, 3.05) is 13.1 Å². The molecule has 33 heavy (non-hydrogen) atoms. The number of aryl methyl sites for hydroxylation is 2. The monoisotopic (exact) mass is 443 g/mol. The molecule has 3 aromatic carbocycles. The molecular weight excluding hydrogens is 413 g/mol. The summed E-state index contributed by atoms with van der Waals surface area (Å²) >= 11 is 0. The summed E-state index contributed by atoms with van der Waals surface area (Å²) in [5.74, 6) is -0.243. The van der Waals surface area contributed by atoms with Gasteiger partial charge < -0.3 is 10.0 Å². The minimum Gasteiger partial charge on any atom is -0.385 e. The number of likely N-dealkylation sites (tertiary alicyclic amines) is 1. The zero-order valence-corrected chi connectivity index (χ0v) is 19.0. The van der Waals surface area contributed by atoms with Crippen molar-refractivity contribution in [3.8, 4) is 0 Å². The average molecular weight is 444 g/mol. The number of piperidine rings is 1. The van der Waals surface area contributed by atoms with E-state index in [1.165, 1.54) is 0 Å². The van der Waals surface area contributed by atoms with E-state index in [4.69, 9.17) is 0 Å². The third-order valence-corrected chi connectivity index (χ3v) is 6.57. The Morgan fingerprint density at radius 3 is 2.27 bits per heavy atom. The maximum Gasteiger partial charge on any atom is 0.246 e. The van der Waals surface area contributed by atoms with Crippen LogP contribution in [0, 0.1) is 12.7 Å². The van der Waals surface area contributed by atoms with Crippen molar-refractivity contribution < 1.29 is 14.3 Å². The van der Waals surface area contributed by atoms with Gasteiger partial charge in [-0.1, -0.05) is 72.8 Å². The van der Waals surface area contributed by atoms with E-state index in [0.717, 1.165) is 22.3 Å². The zero-order chi connectivity index (χ0) is 23.3. The predicted molar refractivity (Wildman–Crippen MR) is 130 cm³/mol. The summed E-state index contributed by atoms with van der Waals surface area (Å²) in [4.78, 5) is 15.0. The lowest BCUT2D eigenvalue weighted by atomic mass is 9.84. The molecule has 0 atom stereocenters. The van der Waals surface area contributed by atoms with Crippen LogP contribution in [-0.2, 0) is 16.8 Å². The molecule has 0 radical (unpaired) electrons. The second-order valence-corrected chi connectivity index (χ2v) is 8.84. The van der Waals surface area contributed by atoms with Crippen LogP contribution in [0.15, 0.2) is 84.9 Å². The number of hydrogen-bond acceptors (Lipinski definition) is 2. The minimum absolute atomic E-state index is 0.0425. The molecule has 3 nitrogen and oxygen atoms in total. The summed E-state index contributed by atoms with van der Waals surface area (Å²) in [6, 6.07) is 24.9. The normalized spacial score (nSPS) is 16.0. The van der Waals surface area contributed by atoms with Crippen LogP contribution in [0.25, 0.3) is 5.57 Å². The SMILES string of the molecule is Cc1ccc(CC/C(=C/C(=O)N2CCC(O)(c3ccccc3)CC2)c2ccccc2)cc1F. The molecule has 1 saturated heterocycles. The van der Waals surface area contributed by atoms with E-state index in [1.54, 1.807) is 25.1 Å². The van der Waals surface area contributed by atoms with Crippen LogP contribution in [0.5, 0.6) is 0 Å². The van der Waals surface area contributed by atoms with Gasteiger partial charge in [0, 0.05) is 19.2 Å². The van der Waals surface area contributed by atoms with E-state index in [0.29, 0.717) is 44.3 Å². The Kier molecular flexibility index (Phi) is 7.05. The molecule has 0 spiro atoms. The number of nitrogens with zero attached hydrogens (tertiary/aromatic N) is 1. The summed E-state index contributed by atoms with van der Waals surface area (Å²) in [5.41, 5.74) is 3.50. The number of hydrogen-bond donors (Lipinski definition) is 1. The molecule has 0 aromatic heterocycles. The van der Waals surface area contributed by atoms with Crippen molar-refractivity contribution in [1.82, 2.24) is 4.90 Å². The van der Waals surface area contributed by atoms with E-state index in [-0.39, 0.29) is 11.7 Å². The highest BCUT2D eigenvalue weighted by Gasteiger charge is 2.34. The van der Waals surface area contributed by atoms with Crippen LogP contribution in [-0.4, -0.2) is 29.0 Å². The highest BCUT2D eigenvalue weighted by Crippen LogP contribution is 2.33. The smallest absolute Gasteiger partial charge is 0.246 e. The summed E-state index contributed by atoms with van der Waals surface area (Å²) in [5, 5.41) is 11.1. The third kappa shape index (κ3) is 5.58. The molecule has 1 N–H and O–H groups in total. The predicted octanol–water partition coefficient (Wildman–Crippen LogP) is 5.66. The Labute approximate surface area is 195 Å². The maximum absolute atomic E-state index is 14.0. The molecule has 0 saturated carbocycles. The van der Waals surface area contributed by atoms with Gasteiger partial charge in [0.1, 0.15) is 5.82 Å². The molecular formula is C29H30FNO2. The average Bonchev–Trinajstić information content (AvgIpc) is 2.85. The number of aliphatic hydroxyl groups is 1. The molecule has 170 valence electrons. The van der Waals surface area contributed by atoms with Gasteiger partial charge in [-0.2, -0.15) is 0 Å². The fourth-order valence-corrected chi connectivity index (χ4v) is 4.40. The molecule has 0 bridgehead atoms. The molecule has 0 unspecified atom stereocenters. The number of allylic oxidation sites excluding steroid dienone is 1. The van der Waals surface area contributed by atoms with Gasteiger partial charge in [-0.3, -0.25) is 4.79 Å². The summed E-state index contributed by atoms with van der Waals surface area (Å²) in [6.45, 7) is 2.77. The maximum atomic E-state index is 14.0. The quantitative estimate of drug-likeness (QED) is 0.500. The van der Waals surface area contributed by atoms with E-state index in [1.807, 2.05) is 71.6 Å². The lowest BCUT2D eigenvalue weighted by Gasteiger charge is -2.38. The van der Waals surface area contributed by atoms with Gasteiger partial charge in [0.2, 0.25) is 5.91 Å². The number of halogens is 1. The standard InChI is InChI=1S/C29H30FNO2/c1-22-12-13-23(20-27(22)30)14-15-25(24-8-4-2-5-9-24)21-28(32)31-18-16-29(33,17-19-31)26-10-6-3-7-11-26/h2-13,20-21,33H,14-19H2,1H3/b25-21-. The fraction of sp³-hybridized carbons (Fsp3) is 0.276. The largest absolute Gasteiger partial charge is 0.385 e. The molecule has 0 aliphatic carbocycles. The number of carbonyl (C=O) groups is 1. The van der Waals surface area contributed by atoms with Crippen molar-refractivity contribution >= 4 is 11.5 Å². The molecule has 1 aliphatic heterocycles. The van der Waals surface area contributed by atoms with Crippen LogP contribution in [0.3, 0.4) is 0 Å². The zero-order valence-electron chi connectivity index (χ0n) is 19.0. The fourth-order valence-electron chi connectivity index (χ4n) is 4.40. The summed E-state index contributed by atoms with van der Waals surface area (Å²) < 4.78 is 14.0. The molecule has 4 rings (SSSR count). The van der Waals surface area contributed by atoms with Gasteiger partial charge in [-0.15, -0.1) is 0 Å². The molecule has 1 aliphatic rings. The van der Waals surface area contributed by atoms with E-state index < -0.39 is 5.60 Å². The van der Waals surface area contributed by atoms with Crippen LogP contribution < -0.4 is 0 Å². The second-order valence-electron chi connectivity index (χ2n) is 8.84. The lowest BCUT2D eigenvalue weighted by Crippen LogP contribution is -2.44. The van der Waals surface area contributed by atoms with Crippen molar-refractivity contribution in [2.24, 2.45) is 0 Å². The first kappa shape index (κ1) is 22.9. The van der Waals surface area contributed by atoms with Crippen molar-refractivity contribution in [1.29, 1.82) is 0 Å². The van der Waals surface area contributed by atoms with Gasteiger partial charge >= 0.3 is 0 Å². The van der Waals surface area contributed by atoms with Gasteiger partial charge in [-0.05, 0) is 66.5 Å². The molecule has 4 heteroatoms. The first-order valence-corrected chi connectivity index (χ1v) is 11.5. The van der Waals surface area contributed by atoms with Gasteiger partial charge in [0.25, 0.3) is 0 Å². The Morgan fingerprint density at radius 2 is 1.64 bits per heavy atom. The van der Waals surface area contributed by atoms with E-state index in [9.17, 15) is 14.3 Å². The third-order valence-electron chi connectivity index (χ3n) is 6.57. The van der Waals surface area contributed by atoms with Crippen LogP contribution in [0.2, 0.25) is 0 Å². The molecule has 1 amide bonds. The first-order chi connectivity index (χ1) is 15.9. The molecule has 1 fully saturated rings. The highest BCUT2D eigenvalue weighted by molar-refractivity contribution is 5.95. The Hall–Kier alpha value is -3.24. The van der Waals surface area contributed by atoms with Crippen LogP contribution >= 0.6 is 0 Å². The van der Waals surface area contributed by atoms with E-state index >= 15 is 0 Å². The lowest BCUT2D eigenvalue weighted by molar-refractivity contribution is -0.130. The van der Waals surface area contributed by atoms with Gasteiger partial charge in [0.15, 0.2) is 0 Å². The van der Waals surface area contributed by atoms with Crippen LogP contribution in [0.4, 0.5) is 4.39 Å². The Bertz CT molecular complexity index is 1120. The first-order valence-electron chi connectivity index (χ1n) is 11.5. The molecule has 1 heterocycles. The van der Waals surface area contributed by atoms with Crippen molar-refractivity contribution in [3.63, 3.8) is 0 Å². The van der Waals surface area contributed by atoms with Crippen LogP contribution in [0.1, 0.15) is 41.5 Å². The summed E-state index contributed by atoms with van der Waals surface area (Å²) in [7, 11) is 0. The number of carbonyl (C=O) groups excluding carboxylic acids is 1.